The van der Waals surface area contributed by atoms with Crippen LogP contribution < -0.4 is 9.62 Å². The minimum absolute atomic E-state index is 0.111. The lowest BCUT2D eigenvalue weighted by Crippen LogP contribution is -2.52. The molecule has 0 unspecified atom stereocenters. The van der Waals surface area contributed by atoms with E-state index in [9.17, 15) is 18.0 Å². The number of aryl methyl sites for hydroxylation is 1. The van der Waals surface area contributed by atoms with Crippen LogP contribution >= 0.6 is 11.6 Å². The molecular formula is C26H34ClN3O4S. The van der Waals surface area contributed by atoms with Gasteiger partial charge in [0.25, 0.3) is 0 Å². The van der Waals surface area contributed by atoms with Crippen LogP contribution in [0.3, 0.4) is 0 Å². The van der Waals surface area contributed by atoms with Gasteiger partial charge in [0.2, 0.25) is 21.8 Å². The van der Waals surface area contributed by atoms with Crippen LogP contribution in [0.1, 0.15) is 49.3 Å². The molecule has 1 atom stereocenters. The molecule has 1 aliphatic carbocycles. The van der Waals surface area contributed by atoms with Gasteiger partial charge in [-0.15, -0.1) is 0 Å². The molecule has 0 heterocycles. The summed E-state index contributed by atoms with van der Waals surface area (Å²) in [5, 5.41) is 3.62. The summed E-state index contributed by atoms with van der Waals surface area (Å²) < 4.78 is 26.6. The number of hydrogen-bond acceptors (Lipinski definition) is 4. The van der Waals surface area contributed by atoms with Gasteiger partial charge in [-0.1, -0.05) is 48.7 Å². The van der Waals surface area contributed by atoms with Gasteiger partial charge in [-0.2, -0.15) is 0 Å². The Kier molecular flexibility index (Phi) is 8.83. The molecule has 9 heteroatoms. The molecule has 0 radical (unpaired) electrons. The molecule has 2 aromatic rings. The molecule has 7 nitrogen and oxygen atoms in total. The van der Waals surface area contributed by atoms with E-state index in [0.717, 1.165) is 52.9 Å². The average molecular weight is 520 g/mol. The molecule has 1 N–H and O–H groups in total. The minimum atomic E-state index is -3.76. The monoisotopic (exact) mass is 519 g/mol. The standard InChI is InChI=1S/C26H34ClN3O4S/c1-18-8-7-11-24(19(18)2)30(35(4,33)34)17-25(31)29(16-21-12-14-22(27)15-13-21)20(3)26(32)28-23-9-5-6-10-23/h7-8,11-15,20,23H,5-6,9-10,16-17H2,1-4H3,(H,28,32)/t20-/m0/s1. The van der Waals surface area contributed by atoms with E-state index in [-0.39, 0.29) is 18.5 Å². The van der Waals surface area contributed by atoms with Crippen LogP contribution in [0.2, 0.25) is 5.02 Å². The van der Waals surface area contributed by atoms with Crippen molar-refractivity contribution < 1.29 is 18.0 Å². The molecule has 1 aliphatic rings. The molecule has 0 spiro atoms. The Morgan fingerprint density at radius 2 is 1.71 bits per heavy atom. The Hall–Kier alpha value is -2.58. The molecule has 2 amide bonds. The lowest BCUT2D eigenvalue weighted by Gasteiger charge is -2.32. The van der Waals surface area contributed by atoms with Crippen LogP contribution in [0.4, 0.5) is 5.69 Å². The third kappa shape index (κ3) is 6.98. The number of carbonyl (C=O) groups excluding carboxylic acids is 2. The Morgan fingerprint density at radius 1 is 1.09 bits per heavy atom. The first-order chi connectivity index (χ1) is 16.5. The Bertz CT molecular complexity index is 1160. The Morgan fingerprint density at radius 3 is 2.31 bits per heavy atom. The molecular weight excluding hydrogens is 486 g/mol. The van der Waals surface area contributed by atoms with Gasteiger partial charge in [0, 0.05) is 17.6 Å². The fourth-order valence-corrected chi connectivity index (χ4v) is 5.39. The van der Waals surface area contributed by atoms with Gasteiger partial charge in [0.1, 0.15) is 12.6 Å². The van der Waals surface area contributed by atoms with Crippen molar-refractivity contribution in [3.8, 4) is 0 Å². The number of anilines is 1. The molecule has 2 aromatic carbocycles. The van der Waals surface area contributed by atoms with Gasteiger partial charge in [-0.3, -0.25) is 13.9 Å². The zero-order valence-corrected chi connectivity index (χ0v) is 22.3. The number of carbonyl (C=O) groups is 2. The normalized spacial score (nSPS) is 15.0. The van der Waals surface area contributed by atoms with Crippen LogP contribution in [0.25, 0.3) is 0 Å². The van der Waals surface area contributed by atoms with Crippen LogP contribution in [-0.2, 0) is 26.2 Å². The summed E-state index contributed by atoms with van der Waals surface area (Å²) in [7, 11) is -3.76. The predicted molar refractivity (Wildman–Crippen MR) is 140 cm³/mol. The van der Waals surface area contributed by atoms with Crippen molar-refractivity contribution in [3.63, 3.8) is 0 Å². The number of nitrogens with zero attached hydrogens (tertiary/aromatic N) is 2. The first-order valence-electron chi connectivity index (χ1n) is 11.9. The van der Waals surface area contributed by atoms with Gasteiger partial charge in [-0.25, -0.2) is 8.42 Å². The van der Waals surface area contributed by atoms with Crippen molar-refractivity contribution >= 4 is 39.1 Å². The largest absolute Gasteiger partial charge is 0.352 e. The highest BCUT2D eigenvalue weighted by molar-refractivity contribution is 7.92. The third-order valence-corrected chi connectivity index (χ3v) is 8.04. The molecule has 1 saturated carbocycles. The first-order valence-corrected chi connectivity index (χ1v) is 14.1. The molecule has 1 fully saturated rings. The highest BCUT2D eigenvalue weighted by atomic mass is 35.5. The topological polar surface area (TPSA) is 86.8 Å². The van der Waals surface area contributed by atoms with Gasteiger partial charge in [-0.05, 0) is 68.5 Å². The second-order valence-electron chi connectivity index (χ2n) is 9.30. The number of hydrogen-bond donors (Lipinski definition) is 1. The maximum atomic E-state index is 13.6. The lowest BCUT2D eigenvalue weighted by molar-refractivity contribution is -0.139. The van der Waals surface area contributed by atoms with E-state index in [1.165, 1.54) is 4.90 Å². The van der Waals surface area contributed by atoms with E-state index >= 15 is 0 Å². The van der Waals surface area contributed by atoms with Crippen LogP contribution in [0.15, 0.2) is 42.5 Å². The fourth-order valence-electron chi connectivity index (χ4n) is 4.36. The van der Waals surface area contributed by atoms with Crippen molar-refractivity contribution in [2.75, 3.05) is 17.1 Å². The number of sulfonamides is 1. The van der Waals surface area contributed by atoms with Crippen LogP contribution in [0.5, 0.6) is 0 Å². The molecule has 190 valence electrons. The summed E-state index contributed by atoms with van der Waals surface area (Å²) in [5.41, 5.74) is 2.95. The maximum absolute atomic E-state index is 13.6. The molecule has 0 aliphatic heterocycles. The van der Waals surface area contributed by atoms with Crippen molar-refractivity contribution in [2.24, 2.45) is 0 Å². The van der Waals surface area contributed by atoms with Crippen LogP contribution in [0, 0.1) is 13.8 Å². The van der Waals surface area contributed by atoms with Crippen molar-refractivity contribution in [1.82, 2.24) is 10.2 Å². The minimum Gasteiger partial charge on any atom is -0.352 e. The highest BCUT2D eigenvalue weighted by Crippen LogP contribution is 2.26. The summed E-state index contributed by atoms with van der Waals surface area (Å²) >= 11 is 6.02. The maximum Gasteiger partial charge on any atom is 0.244 e. The number of rotatable bonds is 9. The smallest absolute Gasteiger partial charge is 0.244 e. The highest BCUT2D eigenvalue weighted by Gasteiger charge is 2.31. The summed E-state index contributed by atoms with van der Waals surface area (Å²) in [6, 6.07) is 11.7. The number of halogens is 1. The van der Waals surface area contributed by atoms with Gasteiger partial charge in [0.15, 0.2) is 0 Å². The van der Waals surface area contributed by atoms with Gasteiger partial charge < -0.3 is 10.2 Å². The number of benzene rings is 2. The molecule has 3 rings (SSSR count). The van der Waals surface area contributed by atoms with E-state index in [0.29, 0.717) is 10.7 Å². The lowest BCUT2D eigenvalue weighted by atomic mass is 10.1. The molecule has 0 bridgehead atoms. The van der Waals surface area contributed by atoms with Crippen LogP contribution in [-0.4, -0.2) is 50.0 Å². The molecule has 35 heavy (non-hydrogen) atoms. The quantitative estimate of drug-likeness (QED) is 0.538. The van der Waals surface area contributed by atoms with E-state index in [4.69, 9.17) is 11.6 Å². The SMILES string of the molecule is Cc1cccc(N(CC(=O)N(Cc2ccc(Cl)cc2)[C@@H](C)C(=O)NC2CCCC2)S(C)(=O)=O)c1C. The van der Waals surface area contributed by atoms with Gasteiger partial charge in [0.05, 0.1) is 11.9 Å². The third-order valence-electron chi connectivity index (χ3n) is 6.66. The zero-order chi connectivity index (χ0) is 25.8. The van der Waals surface area contributed by atoms with Crippen molar-refractivity contribution in [3.05, 3.63) is 64.2 Å². The average Bonchev–Trinajstić information content (AvgIpc) is 3.31. The summed E-state index contributed by atoms with van der Waals surface area (Å²) in [5.74, 6) is -0.697. The van der Waals surface area contributed by atoms with Crippen molar-refractivity contribution in [2.45, 2.75) is 65.1 Å². The first kappa shape index (κ1) is 27.0. The predicted octanol–water partition coefficient (Wildman–Crippen LogP) is 4.20. The molecule has 0 aromatic heterocycles. The summed E-state index contributed by atoms with van der Waals surface area (Å²) in [6.07, 6.45) is 5.09. The second kappa shape index (κ2) is 11.4. The van der Waals surface area contributed by atoms with E-state index in [1.807, 2.05) is 19.9 Å². The summed E-state index contributed by atoms with van der Waals surface area (Å²) in [4.78, 5) is 28.2. The van der Waals surface area contributed by atoms with E-state index in [2.05, 4.69) is 5.32 Å². The Balaban J connectivity index is 1.90. The zero-order valence-electron chi connectivity index (χ0n) is 20.8. The van der Waals surface area contributed by atoms with Crippen molar-refractivity contribution in [1.29, 1.82) is 0 Å². The van der Waals surface area contributed by atoms with E-state index in [1.54, 1.807) is 43.3 Å². The van der Waals surface area contributed by atoms with E-state index < -0.39 is 28.5 Å². The number of nitrogens with one attached hydrogen (secondary N) is 1. The summed E-state index contributed by atoms with van der Waals surface area (Å²) in [6.45, 7) is 5.15. The Labute approximate surface area is 213 Å². The number of amides is 2. The second-order valence-corrected chi connectivity index (χ2v) is 11.6. The fraction of sp³-hybridized carbons (Fsp3) is 0.462. The van der Waals surface area contributed by atoms with Gasteiger partial charge >= 0.3 is 0 Å². The molecule has 0 saturated heterocycles.